The van der Waals surface area contributed by atoms with E-state index in [2.05, 4.69) is 56.4 Å². The van der Waals surface area contributed by atoms with Crippen molar-refractivity contribution in [3.63, 3.8) is 0 Å². The SMILES string of the molecule is CCCc1nc2cnc3ccccc3c2n1CCCN(O[Si](C)(C)C(C)(C)C)C(=O)OC(C)(C)C. The van der Waals surface area contributed by atoms with Crippen molar-refractivity contribution >= 4 is 36.3 Å². The van der Waals surface area contributed by atoms with Crippen molar-refractivity contribution in [1.82, 2.24) is 19.6 Å². The van der Waals surface area contributed by atoms with E-state index in [-0.39, 0.29) is 5.04 Å². The molecule has 35 heavy (non-hydrogen) atoms. The Morgan fingerprint density at radius 1 is 1.09 bits per heavy atom. The van der Waals surface area contributed by atoms with Crippen molar-refractivity contribution in [2.24, 2.45) is 0 Å². The number of benzene rings is 1. The number of pyridine rings is 1. The number of nitrogens with zero attached hydrogens (tertiary/aromatic N) is 4. The molecular formula is C27H42N4O3Si. The van der Waals surface area contributed by atoms with Gasteiger partial charge < -0.3 is 13.8 Å². The van der Waals surface area contributed by atoms with E-state index in [0.717, 1.165) is 47.1 Å². The summed E-state index contributed by atoms with van der Waals surface area (Å²) in [5, 5.41) is 2.52. The van der Waals surface area contributed by atoms with Gasteiger partial charge in [0, 0.05) is 18.4 Å². The van der Waals surface area contributed by atoms with Crippen molar-refractivity contribution < 1.29 is 14.1 Å². The van der Waals surface area contributed by atoms with Crippen LogP contribution in [0, 0.1) is 0 Å². The number of hydrogen-bond acceptors (Lipinski definition) is 5. The molecule has 0 N–H and O–H groups in total. The highest BCUT2D eigenvalue weighted by atomic mass is 28.4. The average Bonchev–Trinajstić information content (AvgIpc) is 3.09. The number of hydroxylamine groups is 2. The fourth-order valence-electron chi connectivity index (χ4n) is 3.74. The number of carbonyl (C=O) groups is 1. The second-order valence-electron chi connectivity index (χ2n) is 11.7. The molecule has 0 unspecified atom stereocenters. The van der Waals surface area contributed by atoms with Gasteiger partial charge in [0.25, 0.3) is 0 Å². The van der Waals surface area contributed by atoms with Gasteiger partial charge in [-0.05, 0) is 57.8 Å². The molecule has 0 aliphatic carbocycles. The van der Waals surface area contributed by atoms with E-state index in [1.165, 1.54) is 5.06 Å². The zero-order valence-electron chi connectivity index (χ0n) is 22.9. The van der Waals surface area contributed by atoms with Crippen LogP contribution in [0.2, 0.25) is 18.1 Å². The molecule has 2 aromatic heterocycles. The third-order valence-corrected chi connectivity index (χ3v) is 10.8. The smallest absolute Gasteiger partial charge is 0.433 e. The zero-order chi connectivity index (χ0) is 26.0. The minimum Gasteiger partial charge on any atom is -0.442 e. The number of aryl methyl sites for hydroxylation is 2. The Balaban J connectivity index is 1.89. The van der Waals surface area contributed by atoms with Gasteiger partial charge >= 0.3 is 6.09 Å². The van der Waals surface area contributed by atoms with Crippen LogP contribution in [0.25, 0.3) is 21.9 Å². The Morgan fingerprint density at radius 3 is 2.40 bits per heavy atom. The zero-order valence-corrected chi connectivity index (χ0v) is 23.9. The highest BCUT2D eigenvalue weighted by Crippen LogP contribution is 2.37. The number of rotatable bonds is 8. The highest BCUT2D eigenvalue weighted by molar-refractivity contribution is 6.74. The number of fused-ring (bicyclic) bond motifs is 3. The van der Waals surface area contributed by atoms with Gasteiger partial charge in [0.2, 0.25) is 8.32 Å². The molecule has 0 saturated carbocycles. The van der Waals surface area contributed by atoms with Crippen molar-refractivity contribution in [2.75, 3.05) is 6.54 Å². The number of para-hydroxylation sites is 1. The Morgan fingerprint density at radius 2 is 1.77 bits per heavy atom. The molecule has 3 aromatic rings. The van der Waals surface area contributed by atoms with Gasteiger partial charge in [-0.1, -0.05) is 45.9 Å². The molecule has 0 aliphatic heterocycles. The van der Waals surface area contributed by atoms with Gasteiger partial charge in [0.1, 0.15) is 16.9 Å². The molecule has 0 fully saturated rings. The van der Waals surface area contributed by atoms with Crippen LogP contribution in [0.1, 0.15) is 67.1 Å². The van der Waals surface area contributed by atoms with Crippen LogP contribution >= 0.6 is 0 Å². The van der Waals surface area contributed by atoms with Gasteiger partial charge in [-0.2, -0.15) is 5.06 Å². The van der Waals surface area contributed by atoms with E-state index in [1.807, 2.05) is 45.2 Å². The predicted octanol–water partition coefficient (Wildman–Crippen LogP) is 7.10. The second kappa shape index (κ2) is 10.3. The molecule has 192 valence electrons. The number of hydrogen-bond donors (Lipinski definition) is 0. The summed E-state index contributed by atoms with van der Waals surface area (Å²) in [4.78, 5) is 22.6. The van der Waals surface area contributed by atoms with E-state index in [0.29, 0.717) is 13.0 Å². The summed E-state index contributed by atoms with van der Waals surface area (Å²) < 4.78 is 14.4. The summed E-state index contributed by atoms with van der Waals surface area (Å²) in [6.07, 6.45) is 4.04. The molecule has 0 bridgehead atoms. The van der Waals surface area contributed by atoms with Crippen LogP contribution in [0.5, 0.6) is 0 Å². The molecule has 0 aliphatic rings. The maximum Gasteiger partial charge on any atom is 0.433 e. The molecule has 0 spiro atoms. The lowest BCUT2D eigenvalue weighted by Gasteiger charge is -2.39. The van der Waals surface area contributed by atoms with Gasteiger partial charge in [0.15, 0.2) is 0 Å². The average molecular weight is 499 g/mol. The van der Waals surface area contributed by atoms with E-state index in [4.69, 9.17) is 14.2 Å². The predicted molar refractivity (Wildman–Crippen MR) is 145 cm³/mol. The fraction of sp³-hybridized carbons (Fsp3) is 0.593. The Hall–Kier alpha value is -2.45. The maximum absolute atomic E-state index is 13.1. The Bertz CT molecular complexity index is 1170. The first-order chi connectivity index (χ1) is 16.2. The molecule has 0 saturated heterocycles. The highest BCUT2D eigenvalue weighted by Gasteiger charge is 2.41. The van der Waals surface area contributed by atoms with E-state index in [9.17, 15) is 4.79 Å². The largest absolute Gasteiger partial charge is 0.442 e. The molecule has 0 atom stereocenters. The first-order valence-corrected chi connectivity index (χ1v) is 15.6. The fourth-order valence-corrected chi connectivity index (χ4v) is 4.73. The van der Waals surface area contributed by atoms with Crippen molar-refractivity contribution in [1.29, 1.82) is 0 Å². The van der Waals surface area contributed by atoms with Gasteiger partial charge in [0.05, 0.1) is 23.8 Å². The van der Waals surface area contributed by atoms with E-state index in [1.54, 1.807) is 0 Å². The molecule has 8 heteroatoms. The molecule has 0 radical (unpaired) electrons. The molecule has 1 amide bonds. The third-order valence-electron chi connectivity index (χ3n) is 6.52. The lowest BCUT2D eigenvalue weighted by atomic mass is 10.2. The summed E-state index contributed by atoms with van der Waals surface area (Å²) in [6.45, 7) is 19.8. The summed E-state index contributed by atoms with van der Waals surface area (Å²) in [5.41, 5.74) is 2.38. The van der Waals surface area contributed by atoms with Gasteiger partial charge in [-0.15, -0.1) is 0 Å². The quantitative estimate of drug-likeness (QED) is 0.245. The van der Waals surface area contributed by atoms with Crippen LogP contribution < -0.4 is 0 Å². The number of aromatic nitrogens is 3. The summed E-state index contributed by atoms with van der Waals surface area (Å²) in [5.74, 6) is 1.05. The van der Waals surface area contributed by atoms with Crippen LogP contribution in [0.15, 0.2) is 30.5 Å². The molecule has 3 rings (SSSR count). The molecular weight excluding hydrogens is 456 g/mol. The molecule has 1 aromatic carbocycles. The first kappa shape index (κ1) is 27.1. The van der Waals surface area contributed by atoms with Gasteiger partial charge in [-0.25, -0.2) is 9.78 Å². The van der Waals surface area contributed by atoms with Crippen molar-refractivity contribution in [3.05, 3.63) is 36.3 Å². The van der Waals surface area contributed by atoms with E-state index >= 15 is 0 Å². The van der Waals surface area contributed by atoms with E-state index < -0.39 is 20.0 Å². The number of amides is 1. The summed E-state index contributed by atoms with van der Waals surface area (Å²) in [7, 11) is -2.23. The standard InChI is InChI=1S/C27H42N4O3Si/c1-10-14-23-29-22-19-28-21-16-12-11-15-20(21)24(22)30(23)17-13-18-31(25(32)33-26(2,3)4)34-35(8,9)27(5,6)7/h11-12,15-16,19H,10,13-14,17-18H2,1-9H3. The molecule has 2 heterocycles. The number of imidazole rings is 1. The van der Waals surface area contributed by atoms with Gasteiger partial charge in [-0.3, -0.25) is 4.98 Å². The van der Waals surface area contributed by atoms with Crippen molar-refractivity contribution in [3.8, 4) is 0 Å². The second-order valence-corrected chi connectivity index (χ2v) is 16.4. The Kier molecular flexibility index (Phi) is 7.96. The maximum atomic E-state index is 13.1. The topological polar surface area (TPSA) is 69.5 Å². The summed E-state index contributed by atoms with van der Waals surface area (Å²) >= 11 is 0. The lowest BCUT2D eigenvalue weighted by Crippen LogP contribution is -2.50. The monoisotopic (exact) mass is 498 g/mol. The van der Waals surface area contributed by atoms with Crippen molar-refractivity contribution in [2.45, 2.75) is 98.0 Å². The minimum absolute atomic E-state index is 0.0337. The summed E-state index contributed by atoms with van der Waals surface area (Å²) in [6, 6.07) is 8.18. The van der Waals surface area contributed by atoms with Crippen LogP contribution in [0.4, 0.5) is 4.79 Å². The number of ether oxygens (including phenoxy) is 1. The van der Waals surface area contributed by atoms with Crippen LogP contribution in [-0.4, -0.2) is 46.2 Å². The first-order valence-electron chi connectivity index (χ1n) is 12.7. The molecule has 7 nitrogen and oxygen atoms in total. The number of carbonyl (C=O) groups excluding carboxylic acids is 1. The lowest BCUT2D eigenvalue weighted by molar-refractivity contribution is -0.0827. The minimum atomic E-state index is -2.23. The normalized spacial score (nSPS) is 12.9. The Labute approximate surface area is 210 Å². The third kappa shape index (κ3) is 6.41. The van der Waals surface area contributed by atoms with Crippen LogP contribution in [0.3, 0.4) is 0 Å². The van der Waals surface area contributed by atoms with Crippen LogP contribution in [-0.2, 0) is 22.2 Å².